The van der Waals surface area contributed by atoms with Crippen LogP contribution in [0.2, 0.25) is 0 Å². The van der Waals surface area contributed by atoms with Crippen molar-refractivity contribution in [2.24, 2.45) is 0 Å². The zero-order chi connectivity index (χ0) is 22.0. The molecule has 0 atom stereocenters. The molecule has 1 N–H and O–H groups in total. The molecule has 7 heteroatoms. The van der Waals surface area contributed by atoms with Gasteiger partial charge in [-0.15, -0.1) is 11.3 Å². The third kappa shape index (κ3) is 4.74. The number of nitrogens with zero attached hydrogens (tertiary/aromatic N) is 1. The largest absolute Gasteiger partial charge is 0.348 e. The lowest BCUT2D eigenvalue weighted by Gasteiger charge is -2.31. The molecule has 0 spiro atoms. The number of benzene rings is 2. The van der Waals surface area contributed by atoms with Gasteiger partial charge in [0.2, 0.25) is 10.0 Å². The predicted molar refractivity (Wildman–Crippen MR) is 125 cm³/mol. The molecule has 31 heavy (non-hydrogen) atoms. The molecule has 5 nitrogen and oxygen atoms in total. The van der Waals surface area contributed by atoms with E-state index in [1.54, 1.807) is 12.1 Å². The van der Waals surface area contributed by atoms with Gasteiger partial charge in [0.1, 0.15) is 0 Å². The molecule has 1 aliphatic heterocycles. The molecule has 0 bridgehead atoms. The van der Waals surface area contributed by atoms with E-state index in [9.17, 15) is 13.2 Å². The zero-order valence-electron chi connectivity index (χ0n) is 17.7. The molecule has 4 rings (SSSR count). The number of carbonyl (C=O) groups is 1. The molecule has 0 radical (unpaired) electrons. The van der Waals surface area contributed by atoms with E-state index in [2.05, 4.69) is 5.32 Å². The molecular weight excluding hydrogens is 428 g/mol. The van der Waals surface area contributed by atoms with Crippen LogP contribution in [-0.2, 0) is 10.0 Å². The van der Waals surface area contributed by atoms with E-state index in [0.29, 0.717) is 35.7 Å². The van der Waals surface area contributed by atoms with Crippen LogP contribution in [0.5, 0.6) is 0 Å². The Morgan fingerprint density at radius 1 is 0.935 bits per heavy atom. The Morgan fingerprint density at radius 2 is 1.52 bits per heavy atom. The molecule has 0 saturated carbocycles. The Balaban J connectivity index is 1.40. The van der Waals surface area contributed by atoms with Gasteiger partial charge in [0.15, 0.2) is 0 Å². The molecule has 1 saturated heterocycles. The average Bonchev–Trinajstić information content (AvgIpc) is 3.25. The van der Waals surface area contributed by atoms with E-state index in [-0.39, 0.29) is 11.9 Å². The molecule has 1 aromatic heterocycles. The lowest BCUT2D eigenvalue weighted by Crippen LogP contribution is -2.46. The first kappa shape index (κ1) is 21.7. The van der Waals surface area contributed by atoms with E-state index in [1.165, 1.54) is 21.2 Å². The minimum atomic E-state index is -3.50. The summed E-state index contributed by atoms with van der Waals surface area (Å²) >= 11 is 1.43. The molecule has 1 amide bonds. The third-order valence-electron chi connectivity index (χ3n) is 5.68. The van der Waals surface area contributed by atoms with Crippen LogP contribution >= 0.6 is 11.3 Å². The highest BCUT2D eigenvalue weighted by atomic mass is 32.2. The van der Waals surface area contributed by atoms with Crippen LogP contribution < -0.4 is 5.32 Å². The molecule has 2 heterocycles. The first-order chi connectivity index (χ1) is 14.8. The minimum Gasteiger partial charge on any atom is -0.348 e. The van der Waals surface area contributed by atoms with Crippen molar-refractivity contribution < 1.29 is 13.2 Å². The number of nitrogens with one attached hydrogen (secondary N) is 1. The van der Waals surface area contributed by atoms with Crippen molar-refractivity contribution in [3.05, 3.63) is 76.0 Å². The number of sulfonamides is 1. The van der Waals surface area contributed by atoms with Crippen LogP contribution in [-0.4, -0.2) is 37.8 Å². The van der Waals surface area contributed by atoms with E-state index in [4.69, 9.17) is 0 Å². The summed E-state index contributed by atoms with van der Waals surface area (Å²) in [6.45, 7) is 4.77. The van der Waals surface area contributed by atoms with Crippen LogP contribution in [0.25, 0.3) is 11.1 Å². The second-order valence-electron chi connectivity index (χ2n) is 7.99. The van der Waals surface area contributed by atoms with Gasteiger partial charge >= 0.3 is 0 Å². The first-order valence-corrected chi connectivity index (χ1v) is 12.7. The Kier molecular flexibility index (Phi) is 6.27. The van der Waals surface area contributed by atoms with Crippen molar-refractivity contribution in [3.63, 3.8) is 0 Å². The summed E-state index contributed by atoms with van der Waals surface area (Å²) < 4.78 is 27.3. The van der Waals surface area contributed by atoms with Gasteiger partial charge in [0, 0.05) is 24.7 Å². The SMILES string of the molecule is Cc1ccc(-c2ccsc2C(=O)NC2CCN(S(=O)(=O)c3ccc(C)cc3)CC2)cc1. The van der Waals surface area contributed by atoms with Crippen molar-refractivity contribution in [2.75, 3.05) is 13.1 Å². The molecule has 3 aromatic rings. The smallest absolute Gasteiger partial charge is 0.262 e. The summed E-state index contributed by atoms with van der Waals surface area (Å²) in [7, 11) is -3.50. The Morgan fingerprint density at radius 3 is 2.13 bits per heavy atom. The standard InChI is InChI=1S/C24H26N2O3S2/c1-17-3-7-19(8-4-17)22-13-16-30-23(22)24(27)25-20-11-14-26(15-12-20)31(28,29)21-9-5-18(2)6-10-21/h3-10,13,16,20H,11-12,14-15H2,1-2H3,(H,25,27). The summed E-state index contributed by atoms with van der Waals surface area (Å²) in [5, 5.41) is 5.04. The maximum atomic E-state index is 12.9. The second kappa shape index (κ2) is 8.94. The fraction of sp³-hybridized carbons (Fsp3) is 0.292. The van der Waals surface area contributed by atoms with Crippen LogP contribution in [0.15, 0.2) is 64.9 Å². The first-order valence-electron chi connectivity index (χ1n) is 10.4. The van der Waals surface area contributed by atoms with Gasteiger partial charge < -0.3 is 5.32 Å². The van der Waals surface area contributed by atoms with Gasteiger partial charge in [0.05, 0.1) is 9.77 Å². The molecular formula is C24H26N2O3S2. The second-order valence-corrected chi connectivity index (χ2v) is 10.8. The number of aryl methyl sites for hydroxylation is 2. The van der Waals surface area contributed by atoms with Crippen molar-refractivity contribution in [2.45, 2.75) is 37.6 Å². The number of amides is 1. The summed E-state index contributed by atoms with van der Waals surface area (Å²) in [6.07, 6.45) is 1.20. The summed E-state index contributed by atoms with van der Waals surface area (Å²) in [4.78, 5) is 13.9. The van der Waals surface area contributed by atoms with Gasteiger partial charge in [-0.2, -0.15) is 4.31 Å². The highest BCUT2D eigenvalue weighted by Crippen LogP contribution is 2.29. The molecule has 0 aliphatic carbocycles. The monoisotopic (exact) mass is 454 g/mol. The van der Waals surface area contributed by atoms with Gasteiger partial charge in [-0.25, -0.2) is 8.42 Å². The molecule has 162 valence electrons. The van der Waals surface area contributed by atoms with Crippen LogP contribution in [0.3, 0.4) is 0 Å². The number of hydrogen-bond donors (Lipinski definition) is 1. The van der Waals surface area contributed by atoms with Crippen LogP contribution in [0, 0.1) is 13.8 Å². The van der Waals surface area contributed by atoms with Crippen LogP contribution in [0.4, 0.5) is 0 Å². The molecule has 1 aliphatic rings. The number of hydrogen-bond acceptors (Lipinski definition) is 4. The predicted octanol–water partition coefficient (Wildman–Crippen LogP) is 4.62. The van der Waals surface area contributed by atoms with E-state index < -0.39 is 10.0 Å². The molecule has 0 unspecified atom stereocenters. The maximum absolute atomic E-state index is 12.9. The minimum absolute atomic E-state index is 0.0371. The van der Waals surface area contributed by atoms with Crippen molar-refractivity contribution in [1.29, 1.82) is 0 Å². The topological polar surface area (TPSA) is 66.5 Å². The Bertz CT molecular complexity index is 1160. The van der Waals surface area contributed by atoms with E-state index >= 15 is 0 Å². The number of rotatable bonds is 5. The van der Waals surface area contributed by atoms with E-state index in [1.807, 2.05) is 61.7 Å². The number of piperidine rings is 1. The fourth-order valence-corrected chi connectivity index (χ4v) is 6.09. The van der Waals surface area contributed by atoms with Crippen molar-refractivity contribution in [3.8, 4) is 11.1 Å². The quantitative estimate of drug-likeness (QED) is 0.612. The Labute approximate surface area is 187 Å². The van der Waals surface area contributed by atoms with Gasteiger partial charge in [-0.1, -0.05) is 47.5 Å². The molecule has 2 aromatic carbocycles. The maximum Gasteiger partial charge on any atom is 0.262 e. The van der Waals surface area contributed by atoms with Crippen LogP contribution in [0.1, 0.15) is 33.6 Å². The Hall–Kier alpha value is -2.48. The van der Waals surface area contributed by atoms with Gasteiger partial charge in [-0.3, -0.25) is 4.79 Å². The zero-order valence-corrected chi connectivity index (χ0v) is 19.3. The molecule has 1 fully saturated rings. The lowest BCUT2D eigenvalue weighted by molar-refractivity contribution is 0.0928. The fourth-order valence-electron chi connectivity index (χ4n) is 3.80. The number of thiophene rings is 1. The lowest BCUT2D eigenvalue weighted by atomic mass is 10.0. The average molecular weight is 455 g/mol. The van der Waals surface area contributed by atoms with Crippen molar-refractivity contribution in [1.82, 2.24) is 9.62 Å². The van der Waals surface area contributed by atoms with Gasteiger partial charge in [-0.05, 0) is 55.8 Å². The normalized spacial score (nSPS) is 15.7. The van der Waals surface area contributed by atoms with E-state index in [0.717, 1.165) is 16.7 Å². The third-order valence-corrected chi connectivity index (χ3v) is 8.51. The highest BCUT2D eigenvalue weighted by Gasteiger charge is 2.30. The number of carbonyl (C=O) groups excluding carboxylic acids is 1. The van der Waals surface area contributed by atoms with Crippen molar-refractivity contribution >= 4 is 27.3 Å². The van der Waals surface area contributed by atoms with Gasteiger partial charge in [0.25, 0.3) is 5.91 Å². The summed E-state index contributed by atoms with van der Waals surface area (Å²) in [6, 6.07) is 17.0. The summed E-state index contributed by atoms with van der Waals surface area (Å²) in [5.74, 6) is -0.0922. The summed E-state index contributed by atoms with van der Waals surface area (Å²) in [5.41, 5.74) is 4.16. The highest BCUT2D eigenvalue weighted by molar-refractivity contribution is 7.89.